The van der Waals surface area contributed by atoms with Crippen LogP contribution in [-0.4, -0.2) is 54.4 Å². The van der Waals surface area contributed by atoms with Gasteiger partial charge in [-0.15, -0.1) is 0 Å². The molecule has 0 aliphatic heterocycles. The average molecular weight is 358 g/mol. The van der Waals surface area contributed by atoms with Gasteiger partial charge in [0, 0.05) is 25.7 Å². The molecule has 9 nitrogen and oxygen atoms in total. The van der Waals surface area contributed by atoms with Crippen LogP contribution in [0.25, 0.3) is 0 Å². The summed E-state index contributed by atoms with van der Waals surface area (Å²) in [5, 5.41) is 12.9. The second-order valence-electron chi connectivity index (χ2n) is 4.97. The lowest BCUT2D eigenvalue weighted by molar-refractivity contribution is -0.384. The number of halogens is 1. The van der Waals surface area contributed by atoms with Crippen LogP contribution in [0.15, 0.2) is 18.2 Å². The molecule has 0 aromatic heterocycles. The number of esters is 1. The Morgan fingerprint density at radius 2 is 2.00 bits per heavy atom. The standard InChI is InChI=1S/C14H16ClN3O6/c1-8(14(21)17(2)3)24-12(19)7-16-13(20)9-4-5-10(15)11(6-9)18(22)23/h4-6,8H,7H2,1-3H3,(H,16,20)/t8-/m0/s1. The van der Waals surface area contributed by atoms with Crippen molar-refractivity contribution in [2.75, 3.05) is 20.6 Å². The van der Waals surface area contributed by atoms with E-state index in [9.17, 15) is 24.5 Å². The molecule has 24 heavy (non-hydrogen) atoms. The second kappa shape index (κ2) is 8.25. The normalized spacial score (nSPS) is 11.3. The maximum atomic E-state index is 11.9. The van der Waals surface area contributed by atoms with Crippen molar-refractivity contribution in [3.8, 4) is 0 Å². The summed E-state index contributed by atoms with van der Waals surface area (Å²) in [5.41, 5.74) is -0.451. The first kappa shape index (κ1) is 19.4. The zero-order chi connectivity index (χ0) is 18.4. The number of nitrogens with zero attached hydrogens (tertiary/aromatic N) is 2. The predicted molar refractivity (Wildman–Crippen MR) is 84.7 cm³/mol. The van der Waals surface area contributed by atoms with E-state index in [1.165, 1.54) is 38.1 Å². The van der Waals surface area contributed by atoms with Crippen LogP contribution in [0.2, 0.25) is 5.02 Å². The Bertz CT molecular complexity index is 676. The van der Waals surface area contributed by atoms with Gasteiger partial charge in [0.1, 0.15) is 11.6 Å². The van der Waals surface area contributed by atoms with Crippen molar-refractivity contribution >= 4 is 35.1 Å². The minimum absolute atomic E-state index is 0.0312. The van der Waals surface area contributed by atoms with Gasteiger partial charge in [-0.2, -0.15) is 0 Å². The summed E-state index contributed by atoms with van der Waals surface area (Å²) in [7, 11) is 3.03. The van der Waals surface area contributed by atoms with E-state index in [2.05, 4.69) is 5.32 Å². The van der Waals surface area contributed by atoms with E-state index in [0.29, 0.717) is 0 Å². The molecule has 1 atom stereocenters. The first-order valence-electron chi connectivity index (χ1n) is 6.76. The number of nitrogens with one attached hydrogen (secondary N) is 1. The molecule has 0 aliphatic carbocycles. The molecule has 1 aromatic rings. The number of amides is 2. The molecule has 130 valence electrons. The number of likely N-dealkylation sites (N-methyl/N-ethyl adjacent to an activating group) is 1. The van der Waals surface area contributed by atoms with E-state index in [-0.39, 0.29) is 10.6 Å². The number of hydrogen-bond donors (Lipinski definition) is 1. The molecule has 0 fully saturated rings. The lowest BCUT2D eigenvalue weighted by Gasteiger charge is -2.17. The number of nitro benzene ring substituents is 1. The predicted octanol–water partition coefficient (Wildman–Crippen LogP) is 0.998. The fraction of sp³-hybridized carbons (Fsp3) is 0.357. The van der Waals surface area contributed by atoms with Gasteiger partial charge in [-0.1, -0.05) is 11.6 Å². The van der Waals surface area contributed by atoms with Crippen molar-refractivity contribution in [2.45, 2.75) is 13.0 Å². The SMILES string of the molecule is C[C@H](OC(=O)CNC(=O)c1ccc(Cl)c([N+](=O)[O-])c1)C(=O)N(C)C. The van der Waals surface area contributed by atoms with Crippen molar-refractivity contribution in [3.05, 3.63) is 38.9 Å². The van der Waals surface area contributed by atoms with Gasteiger partial charge in [-0.05, 0) is 19.1 Å². The van der Waals surface area contributed by atoms with Gasteiger partial charge >= 0.3 is 5.97 Å². The van der Waals surface area contributed by atoms with E-state index in [0.717, 1.165) is 6.07 Å². The zero-order valence-electron chi connectivity index (χ0n) is 13.2. The molecule has 1 N–H and O–H groups in total. The Balaban J connectivity index is 2.63. The fourth-order valence-corrected chi connectivity index (χ4v) is 1.89. The molecular formula is C14H16ClN3O6. The number of rotatable bonds is 6. The van der Waals surface area contributed by atoms with Crippen LogP contribution >= 0.6 is 11.6 Å². The fourth-order valence-electron chi connectivity index (χ4n) is 1.70. The van der Waals surface area contributed by atoms with Gasteiger partial charge in [-0.3, -0.25) is 24.5 Å². The van der Waals surface area contributed by atoms with Crippen molar-refractivity contribution in [1.82, 2.24) is 10.2 Å². The summed E-state index contributed by atoms with van der Waals surface area (Å²) in [6.45, 7) is 0.922. The molecule has 0 unspecified atom stereocenters. The van der Waals surface area contributed by atoms with Crippen molar-refractivity contribution in [2.24, 2.45) is 0 Å². The van der Waals surface area contributed by atoms with Crippen molar-refractivity contribution in [3.63, 3.8) is 0 Å². The summed E-state index contributed by atoms with van der Waals surface area (Å²) in [6, 6.07) is 3.50. The lowest BCUT2D eigenvalue weighted by atomic mass is 10.2. The first-order chi connectivity index (χ1) is 11.1. The zero-order valence-corrected chi connectivity index (χ0v) is 14.0. The number of nitro groups is 1. The highest BCUT2D eigenvalue weighted by atomic mass is 35.5. The third kappa shape index (κ3) is 5.20. The number of carbonyl (C=O) groups excluding carboxylic acids is 3. The molecule has 10 heteroatoms. The van der Waals surface area contributed by atoms with Crippen LogP contribution in [-0.2, 0) is 14.3 Å². The Morgan fingerprint density at radius 3 is 2.54 bits per heavy atom. The Morgan fingerprint density at radius 1 is 1.38 bits per heavy atom. The third-order valence-electron chi connectivity index (χ3n) is 2.90. The maximum Gasteiger partial charge on any atom is 0.326 e. The summed E-state index contributed by atoms with van der Waals surface area (Å²) in [5.74, 6) is -1.92. The topological polar surface area (TPSA) is 119 Å². The monoisotopic (exact) mass is 357 g/mol. The minimum atomic E-state index is -0.985. The number of carbonyl (C=O) groups is 3. The van der Waals surface area contributed by atoms with Crippen molar-refractivity contribution in [1.29, 1.82) is 0 Å². The van der Waals surface area contributed by atoms with Crippen LogP contribution in [0.3, 0.4) is 0 Å². The van der Waals surface area contributed by atoms with Gasteiger partial charge in [0.2, 0.25) is 0 Å². The third-order valence-corrected chi connectivity index (χ3v) is 3.21. The van der Waals surface area contributed by atoms with Crippen LogP contribution in [0, 0.1) is 10.1 Å². The van der Waals surface area contributed by atoms with Crippen LogP contribution in [0.5, 0.6) is 0 Å². The smallest absolute Gasteiger partial charge is 0.326 e. The average Bonchev–Trinajstić information content (AvgIpc) is 2.51. The first-order valence-corrected chi connectivity index (χ1v) is 7.14. The Kier molecular flexibility index (Phi) is 6.66. The molecular weight excluding hydrogens is 342 g/mol. The molecule has 0 heterocycles. The highest BCUT2D eigenvalue weighted by Gasteiger charge is 2.20. The van der Waals surface area contributed by atoms with Crippen LogP contribution < -0.4 is 5.32 Å². The minimum Gasteiger partial charge on any atom is -0.451 e. The highest BCUT2D eigenvalue weighted by Crippen LogP contribution is 2.24. The summed E-state index contributed by atoms with van der Waals surface area (Å²) in [4.78, 5) is 46.4. The molecule has 1 aromatic carbocycles. The Labute approximate surface area is 142 Å². The molecule has 0 bridgehead atoms. The summed E-state index contributed by atoms with van der Waals surface area (Å²) in [6.07, 6.45) is -0.985. The largest absolute Gasteiger partial charge is 0.451 e. The van der Waals surface area contributed by atoms with E-state index in [4.69, 9.17) is 16.3 Å². The summed E-state index contributed by atoms with van der Waals surface area (Å²) < 4.78 is 4.87. The molecule has 0 spiro atoms. The van der Waals surface area contributed by atoms with Gasteiger partial charge in [0.15, 0.2) is 6.10 Å². The maximum absolute atomic E-state index is 11.9. The molecule has 0 aliphatic rings. The van der Waals surface area contributed by atoms with E-state index >= 15 is 0 Å². The van der Waals surface area contributed by atoms with Gasteiger partial charge in [0.25, 0.3) is 17.5 Å². The molecule has 0 saturated carbocycles. The quantitative estimate of drug-likeness (QED) is 0.461. The molecule has 2 amide bonds. The van der Waals surface area contributed by atoms with Gasteiger partial charge in [0.05, 0.1) is 4.92 Å². The van der Waals surface area contributed by atoms with Crippen LogP contribution in [0.1, 0.15) is 17.3 Å². The van der Waals surface area contributed by atoms with Crippen molar-refractivity contribution < 1.29 is 24.0 Å². The Hall–Kier alpha value is -2.68. The van der Waals surface area contributed by atoms with Gasteiger partial charge in [-0.25, -0.2) is 0 Å². The van der Waals surface area contributed by atoms with E-state index < -0.39 is 41.0 Å². The number of benzene rings is 1. The number of hydrogen-bond acceptors (Lipinski definition) is 6. The molecule has 0 radical (unpaired) electrons. The van der Waals surface area contributed by atoms with E-state index in [1.54, 1.807) is 0 Å². The lowest BCUT2D eigenvalue weighted by Crippen LogP contribution is -2.38. The van der Waals surface area contributed by atoms with Crippen LogP contribution in [0.4, 0.5) is 5.69 Å². The highest BCUT2D eigenvalue weighted by molar-refractivity contribution is 6.32. The second-order valence-corrected chi connectivity index (χ2v) is 5.38. The van der Waals surface area contributed by atoms with Gasteiger partial charge < -0.3 is 15.0 Å². The molecule has 0 saturated heterocycles. The summed E-state index contributed by atoms with van der Waals surface area (Å²) >= 11 is 5.65. The van der Waals surface area contributed by atoms with E-state index in [1.807, 2.05) is 0 Å². The number of ether oxygens (including phenoxy) is 1. The molecule has 1 rings (SSSR count).